The van der Waals surface area contributed by atoms with E-state index in [1.54, 1.807) is 12.1 Å². The fourth-order valence-electron chi connectivity index (χ4n) is 4.56. The highest BCUT2D eigenvalue weighted by Gasteiger charge is 2.24. The van der Waals surface area contributed by atoms with Crippen LogP contribution < -0.4 is 15.0 Å². The van der Waals surface area contributed by atoms with Crippen molar-refractivity contribution in [1.29, 1.82) is 0 Å². The van der Waals surface area contributed by atoms with Gasteiger partial charge in [-0.3, -0.25) is 9.59 Å². The van der Waals surface area contributed by atoms with Crippen LogP contribution in [-0.2, 0) is 27.4 Å². The number of carboxylic acids is 1. The molecule has 204 valence electrons. The van der Waals surface area contributed by atoms with Crippen molar-refractivity contribution in [2.45, 2.75) is 38.7 Å². The molecule has 3 aromatic rings. The van der Waals surface area contributed by atoms with Crippen molar-refractivity contribution in [3.8, 4) is 16.9 Å². The van der Waals surface area contributed by atoms with Gasteiger partial charge in [-0.15, -0.1) is 0 Å². The molecule has 8 nitrogen and oxygen atoms in total. The van der Waals surface area contributed by atoms with E-state index in [1.807, 2.05) is 59.5 Å². The highest BCUT2D eigenvalue weighted by molar-refractivity contribution is 6.30. The van der Waals surface area contributed by atoms with Crippen LogP contribution in [0, 0.1) is 0 Å². The fraction of sp³-hybridized carbons (Fsp3) is 0.300. The number of rotatable bonds is 11. The Morgan fingerprint density at radius 1 is 1.00 bits per heavy atom. The van der Waals surface area contributed by atoms with Crippen molar-refractivity contribution < 1.29 is 29.0 Å². The van der Waals surface area contributed by atoms with Gasteiger partial charge in [-0.05, 0) is 71.8 Å². The molecule has 0 fully saturated rings. The van der Waals surface area contributed by atoms with E-state index in [-0.39, 0.29) is 25.5 Å². The summed E-state index contributed by atoms with van der Waals surface area (Å²) in [7, 11) is 0. The van der Waals surface area contributed by atoms with E-state index < -0.39 is 12.1 Å². The molecule has 0 aliphatic carbocycles. The molecule has 2 N–H and O–H groups in total. The lowest BCUT2D eigenvalue weighted by atomic mass is 9.91. The quantitative estimate of drug-likeness (QED) is 0.290. The van der Waals surface area contributed by atoms with E-state index in [9.17, 15) is 14.4 Å². The van der Waals surface area contributed by atoms with Gasteiger partial charge in [0.15, 0.2) is 0 Å². The summed E-state index contributed by atoms with van der Waals surface area (Å²) in [5, 5.41) is 11.7. The second-order valence-electron chi connectivity index (χ2n) is 9.21. The van der Waals surface area contributed by atoms with Crippen molar-refractivity contribution in [1.82, 2.24) is 5.32 Å². The van der Waals surface area contributed by atoms with Gasteiger partial charge < -0.3 is 24.8 Å². The fourth-order valence-corrected chi connectivity index (χ4v) is 4.74. The molecule has 0 atom stereocenters. The molecule has 0 saturated carbocycles. The van der Waals surface area contributed by atoms with Crippen molar-refractivity contribution in [2.24, 2.45) is 0 Å². The van der Waals surface area contributed by atoms with Crippen molar-refractivity contribution >= 4 is 35.3 Å². The molecule has 9 heteroatoms. The van der Waals surface area contributed by atoms with Crippen LogP contribution in [0.15, 0.2) is 66.7 Å². The third-order valence-corrected chi connectivity index (χ3v) is 6.60. The number of nitrogens with zero attached hydrogens (tertiary/aromatic N) is 1. The average molecular weight is 551 g/mol. The lowest BCUT2D eigenvalue weighted by Gasteiger charge is -2.31. The summed E-state index contributed by atoms with van der Waals surface area (Å²) in [5.41, 5.74) is 4.88. The molecule has 3 aromatic carbocycles. The normalized spacial score (nSPS) is 12.4. The maximum atomic E-state index is 13.2. The van der Waals surface area contributed by atoms with Gasteiger partial charge in [0.1, 0.15) is 12.4 Å². The van der Waals surface area contributed by atoms with Gasteiger partial charge in [0.25, 0.3) is 0 Å². The first-order chi connectivity index (χ1) is 18.9. The number of carbonyl (C=O) groups excluding carboxylic acids is 2. The summed E-state index contributed by atoms with van der Waals surface area (Å²) in [6.45, 7) is 1.17. The van der Waals surface area contributed by atoms with E-state index in [0.29, 0.717) is 36.8 Å². The van der Waals surface area contributed by atoms with Crippen LogP contribution in [0.2, 0.25) is 5.02 Å². The topological polar surface area (TPSA) is 105 Å². The number of anilines is 1. The zero-order valence-corrected chi connectivity index (χ0v) is 22.3. The third kappa shape index (κ3) is 7.97. The van der Waals surface area contributed by atoms with Crippen LogP contribution in [-0.4, -0.2) is 42.8 Å². The Morgan fingerprint density at radius 3 is 2.64 bits per heavy atom. The van der Waals surface area contributed by atoms with Gasteiger partial charge in [0.05, 0.1) is 13.0 Å². The Morgan fingerprint density at radius 2 is 1.82 bits per heavy atom. The van der Waals surface area contributed by atoms with Crippen LogP contribution in [0.5, 0.6) is 5.75 Å². The number of carboxylic acid groups (broad SMARTS) is 1. The Kier molecular flexibility index (Phi) is 9.80. The first-order valence-corrected chi connectivity index (χ1v) is 13.3. The van der Waals surface area contributed by atoms with Crippen LogP contribution in [0.1, 0.15) is 36.8 Å². The van der Waals surface area contributed by atoms with E-state index in [1.165, 1.54) is 0 Å². The maximum Gasteiger partial charge on any atom is 0.407 e. The molecule has 0 spiro atoms. The molecule has 39 heavy (non-hydrogen) atoms. The SMILES string of the molecule is O=C(O)CCNC(=O)OCc1cccc(-c2cccc3c2CCCN3C(=O)CCCOc2cccc(Cl)c2)c1. The first kappa shape index (κ1) is 28.0. The Balaban J connectivity index is 1.38. The molecule has 2 amide bonds. The van der Waals surface area contributed by atoms with E-state index in [2.05, 4.69) is 5.32 Å². The molecular formula is C30H31ClN2O6. The van der Waals surface area contributed by atoms with E-state index in [4.69, 9.17) is 26.2 Å². The largest absolute Gasteiger partial charge is 0.494 e. The second kappa shape index (κ2) is 13.7. The monoisotopic (exact) mass is 550 g/mol. The molecular weight excluding hydrogens is 520 g/mol. The number of fused-ring (bicyclic) bond motifs is 1. The highest BCUT2D eigenvalue weighted by Crippen LogP contribution is 2.36. The minimum absolute atomic E-state index is 0.00843. The number of carbonyl (C=O) groups is 3. The molecule has 0 radical (unpaired) electrons. The standard InChI is InChI=1S/C30H31ClN2O6/c31-23-8-2-9-24(19-23)38-17-5-13-28(34)33-16-4-11-26-25(10-3-12-27(26)33)22-7-1-6-21(18-22)20-39-30(37)32-15-14-29(35)36/h1-3,6-10,12,18-19H,4-5,11,13-17,20H2,(H,32,37)(H,35,36). The minimum Gasteiger partial charge on any atom is -0.494 e. The molecule has 4 rings (SSSR count). The number of aliphatic carboxylic acids is 1. The van der Waals surface area contributed by atoms with Gasteiger partial charge in [-0.1, -0.05) is 48.0 Å². The first-order valence-electron chi connectivity index (χ1n) is 12.9. The summed E-state index contributed by atoms with van der Waals surface area (Å²) in [6, 6.07) is 20.9. The maximum absolute atomic E-state index is 13.2. The smallest absolute Gasteiger partial charge is 0.407 e. The van der Waals surface area contributed by atoms with E-state index >= 15 is 0 Å². The molecule has 0 unspecified atom stereocenters. The zero-order chi connectivity index (χ0) is 27.6. The Labute approximate surface area is 232 Å². The summed E-state index contributed by atoms with van der Waals surface area (Å²) in [6.07, 6.45) is 1.88. The second-order valence-corrected chi connectivity index (χ2v) is 9.65. The van der Waals surface area contributed by atoms with Gasteiger partial charge in [-0.25, -0.2) is 4.79 Å². The number of hydrogen-bond donors (Lipinski definition) is 2. The highest BCUT2D eigenvalue weighted by atomic mass is 35.5. The predicted octanol–water partition coefficient (Wildman–Crippen LogP) is 5.85. The summed E-state index contributed by atoms with van der Waals surface area (Å²) >= 11 is 6.00. The van der Waals surface area contributed by atoms with Crippen LogP contribution >= 0.6 is 11.6 Å². The van der Waals surface area contributed by atoms with Crippen molar-refractivity contribution in [3.05, 3.63) is 82.9 Å². The number of nitrogens with one attached hydrogen (secondary N) is 1. The van der Waals surface area contributed by atoms with Gasteiger partial charge in [0.2, 0.25) is 5.91 Å². The number of ether oxygens (including phenoxy) is 2. The third-order valence-electron chi connectivity index (χ3n) is 6.37. The predicted molar refractivity (Wildman–Crippen MR) is 149 cm³/mol. The molecule has 0 bridgehead atoms. The Bertz CT molecular complexity index is 1330. The van der Waals surface area contributed by atoms with Crippen LogP contribution in [0.25, 0.3) is 11.1 Å². The number of halogens is 1. The number of benzene rings is 3. The van der Waals surface area contributed by atoms with Crippen LogP contribution in [0.4, 0.5) is 10.5 Å². The molecule has 0 aromatic heterocycles. The lowest BCUT2D eigenvalue weighted by molar-refractivity contribution is -0.136. The van der Waals surface area contributed by atoms with Gasteiger partial charge in [0, 0.05) is 30.2 Å². The summed E-state index contributed by atoms with van der Waals surface area (Å²) < 4.78 is 11.0. The molecule has 0 saturated heterocycles. The summed E-state index contributed by atoms with van der Waals surface area (Å²) in [4.78, 5) is 37.5. The van der Waals surface area contributed by atoms with Crippen molar-refractivity contribution in [2.75, 3.05) is 24.6 Å². The zero-order valence-electron chi connectivity index (χ0n) is 21.5. The molecule has 1 aliphatic rings. The van der Waals surface area contributed by atoms with E-state index in [0.717, 1.165) is 40.8 Å². The molecule has 1 heterocycles. The van der Waals surface area contributed by atoms with Gasteiger partial charge in [-0.2, -0.15) is 0 Å². The average Bonchev–Trinajstić information content (AvgIpc) is 2.93. The summed E-state index contributed by atoms with van der Waals surface area (Å²) in [5.74, 6) is -0.231. The van der Waals surface area contributed by atoms with Gasteiger partial charge >= 0.3 is 12.1 Å². The Hall–Kier alpha value is -4.04. The van der Waals surface area contributed by atoms with Crippen LogP contribution in [0.3, 0.4) is 0 Å². The lowest BCUT2D eigenvalue weighted by Crippen LogP contribution is -2.35. The minimum atomic E-state index is -0.989. The number of alkyl carbamates (subject to hydrolysis) is 1. The number of amides is 2. The number of hydrogen-bond acceptors (Lipinski definition) is 5. The van der Waals surface area contributed by atoms with Crippen molar-refractivity contribution in [3.63, 3.8) is 0 Å². The molecule has 1 aliphatic heterocycles.